The Morgan fingerprint density at radius 3 is 2.88 bits per heavy atom. The van der Waals surface area contributed by atoms with Crippen LogP contribution < -0.4 is 5.32 Å². The lowest BCUT2D eigenvalue weighted by atomic mass is 9.98. The van der Waals surface area contributed by atoms with E-state index in [9.17, 15) is 4.79 Å². The Morgan fingerprint density at radius 2 is 2.04 bits per heavy atom. The van der Waals surface area contributed by atoms with Crippen molar-refractivity contribution in [3.05, 3.63) is 36.5 Å². The first-order valence-electron chi connectivity index (χ1n) is 10.0. The van der Waals surface area contributed by atoms with E-state index in [1.807, 2.05) is 4.90 Å². The van der Waals surface area contributed by atoms with E-state index in [-0.39, 0.29) is 6.03 Å². The smallest absolute Gasteiger partial charge is 0.317 e. The number of likely N-dealkylation sites (tertiary alicyclic amines) is 2. The molecule has 26 heavy (non-hydrogen) atoms. The lowest BCUT2D eigenvalue weighted by Crippen LogP contribution is -2.65. The lowest BCUT2D eigenvalue weighted by molar-refractivity contribution is 0.0170. The average molecular weight is 354 g/mol. The van der Waals surface area contributed by atoms with Crippen LogP contribution in [0.5, 0.6) is 0 Å². The van der Waals surface area contributed by atoms with Gasteiger partial charge in [-0.25, -0.2) is 4.79 Å². The zero-order valence-electron chi connectivity index (χ0n) is 15.7. The number of nitrogens with one attached hydrogen (secondary N) is 1. The Hall–Kier alpha value is -2.01. The van der Waals surface area contributed by atoms with Gasteiger partial charge in [-0.1, -0.05) is 24.6 Å². The van der Waals surface area contributed by atoms with Crippen LogP contribution in [0.25, 0.3) is 10.9 Å². The van der Waals surface area contributed by atoms with Crippen molar-refractivity contribution < 1.29 is 4.79 Å². The molecule has 5 nitrogen and oxygen atoms in total. The number of nitrogens with zero attached hydrogens (tertiary/aromatic N) is 3. The van der Waals surface area contributed by atoms with Crippen molar-refractivity contribution in [2.45, 2.75) is 51.2 Å². The summed E-state index contributed by atoms with van der Waals surface area (Å²) >= 11 is 0. The summed E-state index contributed by atoms with van der Waals surface area (Å²) in [6.07, 6.45) is 7.04. The minimum Gasteiger partial charge on any atom is -0.347 e. The number of hydrogen-bond acceptors (Lipinski definition) is 2. The van der Waals surface area contributed by atoms with Gasteiger partial charge in [-0.05, 0) is 50.2 Å². The zero-order valence-corrected chi connectivity index (χ0v) is 15.7. The van der Waals surface area contributed by atoms with E-state index in [1.165, 1.54) is 36.7 Å². The van der Waals surface area contributed by atoms with Crippen LogP contribution in [0.3, 0.4) is 0 Å². The monoisotopic (exact) mass is 354 g/mol. The van der Waals surface area contributed by atoms with E-state index in [1.54, 1.807) is 0 Å². The Balaban J connectivity index is 1.17. The molecule has 0 bridgehead atoms. The van der Waals surface area contributed by atoms with Gasteiger partial charge < -0.3 is 14.8 Å². The van der Waals surface area contributed by atoms with Crippen molar-refractivity contribution in [1.29, 1.82) is 0 Å². The number of aryl methyl sites for hydroxylation is 1. The molecule has 5 heteroatoms. The highest BCUT2D eigenvalue weighted by molar-refractivity contribution is 5.79. The molecule has 0 aliphatic carbocycles. The maximum absolute atomic E-state index is 12.3. The Labute approximate surface area is 155 Å². The van der Waals surface area contributed by atoms with Crippen LogP contribution in [0, 0.1) is 0 Å². The van der Waals surface area contributed by atoms with Crippen LogP contribution in [0.2, 0.25) is 0 Å². The second-order valence-electron chi connectivity index (χ2n) is 7.79. The number of benzene rings is 1. The van der Waals surface area contributed by atoms with Crippen molar-refractivity contribution in [1.82, 2.24) is 19.7 Å². The molecule has 3 heterocycles. The molecule has 0 radical (unpaired) electrons. The molecule has 2 aliphatic heterocycles. The number of hydrogen-bond donors (Lipinski definition) is 1. The summed E-state index contributed by atoms with van der Waals surface area (Å²) in [5.41, 5.74) is 1.26. The van der Waals surface area contributed by atoms with Gasteiger partial charge >= 0.3 is 6.03 Å². The van der Waals surface area contributed by atoms with Crippen LogP contribution in [-0.4, -0.2) is 58.7 Å². The summed E-state index contributed by atoms with van der Waals surface area (Å²) in [5, 5.41) is 4.36. The van der Waals surface area contributed by atoms with E-state index >= 15 is 0 Å². The molecule has 2 aromatic rings. The number of piperidine rings is 1. The predicted octanol–water partition coefficient (Wildman–Crippen LogP) is 3.30. The van der Waals surface area contributed by atoms with E-state index in [0.29, 0.717) is 12.1 Å². The standard InChI is InChI=1S/C21H30N4O/c1-17-7-4-5-13-25(17)19-15-24(16-19)21(26)22-11-6-12-23-14-10-18-8-2-3-9-20(18)23/h2-3,8-10,14,17,19H,4-7,11-13,15-16H2,1H3,(H,22,26)/t17-/m1/s1. The topological polar surface area (TPSA) is 40.5 Å². The summed E-state index contributed by atoms with van der Waals surface area (Å²) in [4.78, 5) is 16.9. The maximum atomic E-state index is 12.3. The quantitative estimate of drug-likeness (QED) is 0.837. The van der Waals surface area contributed by atoms with Crippen molar-refractivity contribution >= 4 is 16.9 Å². The van der Waals surface area contributed by atoms with Crippen LogP contribution >= 0.6 is 0 Å². The average Bonchev–Trinajstić information content (AvgIpc) is 3.02. The van der Waals surface area contributed by atoms with Crippen LogP contribution in [0.1, 0.15) is 32.6 Å². The van der Waals surface area contributed by atoms with Gasteiger partial charge in [0.15, 0.2) is 0 Å². The Kier molecular flexibility index (Phi) is 5.16. The molecule has 2 amide bonds. The van der Waals surface area contributed by atoms with Gasteiger partial charge in [0, 0.05) is 50.0 Å². The maximum Gasteiger partial charge on any atom is 0.317 e. The highest BCUT2D eigenvalue weighted by Crippen LogP contribution is 2.24. The molecule has 1 aromatic carbocycles. The van der Waals surface area contributed by atoms with Crippen molar-refractivity contribution in [2.75, 3.05) is 26.2 Å². The van der Waals surface area contributed by atoms with E-state index in [0.717, 1.165) is 32.6 Å². The number of para-hydroxylation sites is 1. The third-order valence-corrected chi connectivity index (χ3v) is 6.01. The highest BCUT2D eigenvalue weighted by Gasteiger charge is 2.37. The molecule has 1 N–H and O–H groups in total. The van der Waals surface area contributed by atoms with Gasteiger partial charge in [0.25, 0.3) is 0 Å². The molecule has 2 fully saturated rings. The van der Waals surface area contributed by atoms with Gasteiger partial charge in [-0.3, -0.25) is 4.90 Å². The predicted molar refractivity (Wildman–Crippen MR) is 105 cm³/mol. The second-order valence-corrected chi connectivity index (χ2v) is 7.79. The van der Waals surface area contributed by atoms with E-state index < -0.39 is 0 Å². The number of urea groups is 1. The zero-order chi connectivity index (χ0) is 17.9. The van der Waals surface area contributed by atoms with Crippen LogP contribution in [0.15, 0.2) is 36.5 Å². The summed E-state index contributed by atoms with van der Waals surface area (Å²) in [6, 6.07) is 11.9. The van der Waals surface area contributed by atoms with Gasteiger partial charge in [-0.2, -0.15) is 0 Å². The summed E-state index contributed by atoms with van der Waals surface area (Å²) in [7, 11) is 0. The minimum atomic E-state index is 0.100. The normalized spacial score (nSPS) is 21.7. The number of carbonyl (C=O) groups is 1. The van der Waals surface area contributed by atoms with Gasteiger partial charge in [0.05, 0.1) is 0 Å². The molecule has 2 aliphatic rings. The second kappa shape index (κ2) is 7.70. The molecule has 4 rings (SSSR count). The highest BCUT2D eigenvalue weighted by atomic mass is 16.2. The molecule has 0 spiro atoms. The fraction of sp³-hybridized carbons (Fsp3) is 0.571. The Bertz CT molecular complexity index is 749. The molecule has 2 saturated heterocycles. The molecular weight excluding hydrogens is 324 g/mol. The van der Waals surface area contributed by atoms with Crippen LogP contribution in [-0.2, 0) is 6.54 Å². The van der Waals surface area contributed by atoms with Gasteiger partial charge in [-0.15, -0.1) is 0 Å². The van der Waals surface area contributed by atoms with Crippen molar-refractivity contribution in [3.8, 4) is 0 Å². The van der Waals surface area contributed by atoms with Crippen molar-refractivity contribution in [3.63, 3.8) is 0 Å². The number of aromatic nitrogens is 1. The number of fused-ring (bicyclic) bond motifs is 1. The lowest BCUT2D eigenvalue weighted by Gasteiger charge is -2.49. The van der Waals surface area contributed by atoms with Crippen LogP contribution in [0.4, 0.5) is 4.79 Å². The molecule has 1 atom stereocenters. The molecular formula is C21H30N4O. The minimum absolute atomic E-state index is 0.100. The SMILES string of the molecule is C[C@@H]1CCCCN1C1CN(C(=O)NCCCn2ccc3ccccc32)C1. The molecule has 0 saturated carbocycles. The van der Waals surface area contributed by atoms with E-state index in [2.05, 4.69) is 58.2 Å². The first-order valence-corrected chi connectivity index (χ1v) is 10.0. The third-order valence-electron chi connectivity index (χ3n) is 6.01. The number of rotatable bonds is 5. The number of amides is 2. The summed E-state index contributed by atoms with van der Waals surface area (Å²) in [5.74, 6) is 0. The molecule has 1 aromatic heterocycles. The van der Waals surface area contributed by atoms with Crippen molar-refractivity contribution in [2.24, 2.45) is 0 Å². The van der Waals surface area contributed by atoms with Gasteiger partial charge in [0.2, 0.25) is 0 Å². The largest absolute Gasteiger partial charge is 0.347 e. The molecule has 140 valence electrons. The van der Waals surface area contributed by atoms with Gasteiger partial charge in [0.1, 0.15) is 0 Å². The van der Waals surface area contributed by atoms with E-state index in [4.69, 9.17) is 0 Å². The summed E-state index contributed by atoms with van der Waals surface area (Å²) < 4.78 is 2.26. The number of carbonyl (C=O) groups excluding carboxylic acids is 1. The fourth-order valence-corrected chi connectivity index (χ4v) is 4.39. The molecule has 0 unspecified atom stereocenters. The summed E-state index contributed by atoms with van der Waals surface area (Å²) in [6.45, 7) is 6.96. The first-order chi connectivity index (χ1) is 12.7. The third kappa shape index (κ3) is 3.58. The Morgan fingerprint density at radius 1 is 1.19 bits per heavy atom. The first kappa shape index (κ1) is 17.4. The fourth-order valence-electron chi connectivity index (χ4n) is 4.39.